The lowest BCUT2D eigenvalue weighted by molar-refractivity contribution is 0.0928. The molecule has 27 heavy (non-hydrogen) atoms. The fraction of sp³-hybridized carbons (Fsp3) is 0.250. The average Bonchev–Trinajstić information content (AvgIpc) is 3.04. The van der Waals surface area contributed by atoms with Crippen LogP contribution in [0.1, 0.15) is 46.9 Å². The zero-order chi connectivity index (χ0) is 19.6. The van der Waals surface area contributed by atoms with Crippen LogP contribution in [0.5, 0.6) is 0 Å². The van der Waals surface area contributed by atoms with E-state index in [1.807, 2.05) is 20.8 Å². The van der Waals surface area contributed by atoms with Crippen molar-refractivity contribution in [3.8, 4) is 0 Å². The maximum absolute atomic E-state index is 12.8. The van der Waals surface area contributed by atoms with Gasteiger partial charge in [-0.25, -0.2) is 4.98 Å². The summed E-state index contributed by atoms with van der Waals surface area (Å²) in [5.74, 6) is -0.511. The van der Waals surface area contributed by atoms with E-state index < -0.39 is 0 Å². The van der Waals surface area contributed by atoms with Crippen molar-refractivity contribution in [1.82, 2.24) is 14.7 Å². The van der Waals surface area contributed by atoms with E-state index >= 15 is 0 Å². The molecular formula is C20H21ClN4O2. The van der Waals surface area contributed by atoms with Crippen molar-refractivity contribution >= 4 is 34.6 Å². The van der Waals surface area contributed by atoms with Crippen molar-refractivity contribution in [2.45, 2.75) is 33.2 Å². The highest BCUT2D eigenvalue weighted by molar-refractivity contribution is 6.30. The summed E-state index contributed by atoms with van der Waals surface area (Å²) in [5, 5.41) is 6.33. The van der Waals surface area contributed by atoms with Crippen molar-refractivity contribution in [2.24, 2.45) is 0 Å². The third-order valence-electron chi connectivity index (χ3n) is 4.39. The Hall–Kier alpha value is -2.86. The molecule has 1 aromatic carbocycles. The minimum Gasteiger partial charge on any atom is -0.347 e. The van der Waals surface area contributed by atoms with Gasteiger partial charge in [0, 0.05) is 22.9 Å². The number of halogens is 1. The summed E-state index contributed by atoms with van der Waals surface area (Å²) in [4.78, 5) is 29.7. The Morgan fingerprint density at radius 1 is 1.22 bits per heavy atom. The molecule has 140 valence electrons. The minimum absolute atomic E-state index is 0.0163. The second-order valence-electron chi connectivity index (χ2n) is 6.44. The Labute approximate surface area is 162 Å². The molecule has 0 saturated carbocycles. The fourth-order valence-corrected chi connectivity index (χ4v) is 2.93. The molecule has 2 N–H and O–H groups in total. The number of hydrogen-bond acceptors (Lipinski definition) is 3. The van der Waals surface area contributed by atoms with Gasteiger partial charge in [-0.05, 0) is 56.2 Å². The molecular weight excluding hydrogens is 364 g/mol. The molecule has 2 amide bonds. The van der Waals surface area contributed by atoms with Gasteiger partial charge in [-0.3, -0.25) is 14.0 Å². The van der Waals surface area contributed by atoms with Crippen molar-refractivity contribution < 1.29 is 9.59 Å². The van der Waals surface area contributed by atoms with Crippen LogP contribution in [0.15, 0.2) is 42.6 Å². The molecule has 0 aliphatic heterocycles. The number of aryl methyl sites for hydroxylation is 1. The largest absolute Gasteiger partial charge is 0.347 e. The first kappa shape index (κ1) is 18.9. The zero-order valence-corrected chi connectivity index (χ0v) is 16.2. The van der Waals surface area contributed by atoms with Gasteiger partial charge in [0.2, 0.25) is 5.82 Å². The molecule has 0 saturated heterocycles. The second kappa shape index (κ2) is 7.80. The number of anilines is 1. The van der Waals surface area contributed by atoms with Crippen LogP contribution in [0, 0.1) is 6.92 Å². The van der Waals surface area contributed by atoms with Crippen LogP contribution in [-0.2, 0) is 0 Å². The van der Waals surface area contributed by atoms with Gasteiger partial charge in [-0.15, -0.1) is 0 Å². The predicted octanol–water partition coefficient (Wildman–Crippen LogP) is 4.08. The van der Waals surface area contributed by atoms with E-state index in [0.29, 0.717) is 16.2 Å². The molecule has 2 heterocycles. The molecule has 2 aromatic heterocycles. The van der Waals surface area contributed by atoms with Crippen molar-refractivity contribution in [3.63, 3.8) is 0 Å². The summed E-state index contributed by atoms with van der Waals surface area (Å²) in [7, 11) is 0. The lowest BCUT2D eigenvalue weighted by Crippen LogP contribution is -2.33. The third-order valence-corrected chi connectivity index (χ3v) is 4.63. The minimum atomic E-state index is -0.383. The van der Waals surface area contributed by atoms with Gasteiger partial charge in [0.05, 0.1) is 5.52 Å². The lowest BCUT2D eigenvalue weighted by Gasteiger charge is -2.10. The summed E-state index contributed by atoms with van der Waals surface area (Å²) in [5.41, 5.74) is 2.25. The van der Waals surface area contributed by atoms with Crippen LogP contribution >= 0.6 is 11.6 Å². The molecule has 0 bridgehead atoms. The molecule has 7 heteroatoms. The number of pyridine rings is 1. The highest BCUT2D eigenvalue weighted by Crippen LogP contribution is 2.21. The van der Waals surface area contributed by atoms with E-state index in [4.69, 9.17) is 11.6 Å². The molecule has 0 fully saturated rings. The first-order valence-electron chi connectivity index (χ1n) is 8.76. The summed E-state index contributed by atoms with van der Waals surface area (Å²) >= 11 is 5.97. The Morgan fingerprint density at radius 3 is 2.70 bits per heavy atom. The molecule has 3 aromatic rings. The van der Waals surface area contributed by atoms with E-state index in [1.165, 1.54) is 0 Å². The first-order valence-corrected chi connectivity index (χ1v) is 9.14. The summed E-state index contributed by atoms with van der Waals surface area (Å²) in [6.45, 7) is 5.77. The topological polar surface area (TPSA) is 75.5 Å². The Balaban J connectivity index is 1.97. The number of rotatable bonds is 5. The van der Waals surface area contributed by atoms with Crippen LogP contribution in [0.4, 0.5) is 5.69 Å². The standard InChI is InChI=1S/C20H21ClN4O2/c1-4-13(3)22-20(27)18-24-17(16-7-5-6-10-25(16)18)19(26)23-15-9-8-14(21)11-12(15)2/h5-11,13H,4H2,1-3H3,(H,22,27)(H,23,26). The number of fused-ring (bicyclic) bond motifs is 1. The number of nitrogens with one attached hydrogen (secondary N) is 2. The van der Waals surface area contributed by atoms with Gasteiger partial charge in [-0.1, -0.05) is 24.6 Å². The molecule has 1 unspecified atom stereocenters. The highest BCUT2D eigenvalue weighted by Gasteiger charge is 2.22. The summed E-state index contributed by atoms with van der Waals surface area (Å²) in [6.07, 6.45) is 2.52. The van der Waals surface area contributed by atoms with Crippen molar-refractivity contribution in [1.29, 1.82) is 0 Å². The van der Waals surface area contributed by atoms with Crippen LogP contribution < -0.4 is 10.6 Å². The molecule has 0 aliphatic carbocycles. The molecule has 1 atom stereocenters. The van der Waals surface area contributed by atoms with E-state index in [1.54, 1.807) is 47.0 Å². The van der Waals surface area contributed by atoms with Crippen LogP contribution in [0.2, 0.25) is 5.02 Å². The Kier molecular flexibility index (Phi) is 5.46. The average molecular weight is 385 g/mol. The molecule has 3 rings (SSSR count). The zero-order valence-electron chi connectivity index (χ0n) is 15.4. The second-order valence-corrected chi connectivity index (χ2v) is 6.87. The number of benzene rings is 1. The van der Waals surface area contributed by atoms with Gasteiger partial charge in [-0.2, -0.15) is 0 Å². The number of hydrogen-bond donors (Lipinski definition) is 2. The van der Waals surface area contributed by atoms with Crippen LogP contribution in [0.25, 0.3) is 5.52 Å². The highest BCUT2D eigenvalue weighted by atomic mass is 35.5. The number of aromatic nitrogens is 2. The third kappa shape index (κ3) is 3.95. The lowest BCUT2D eigenvalue weighted by atomic mass is 10.2. The van der Waals surface area contributed by atoms with Crippen LogP contribution in [-0.4, -0.2) is 27.2 Å². The van der Waals surface area contributed by atoms with Gasteiger partial charge in [0.25, 0.3) is 11.8 Å². The normalized spacial score (nSPS) is 12.0. The number of amides is 2. The van der Waals surface area contributed by atoms with E-state index in [2.05, 4.69) is 15.6 Å². The molecule has 6 nitrogen and oxygen atoms in total. The number of imidazole rings is 1. The molecule has 0 spiro atoms. The van der Waals surface area contributed by atoms with Gasteiger partial charge >= 0.3 is 0 Å². The monoisotopic (exact) mass is 384 g/mol. The maximum atomic E-state index is 12.8. The number of carbonyl (C=O) groups is 2. The Morgan fingerprint density at radius 2 is 2.00 bits per heavy atom. The van der Waals surface area contributed by atoms with Gasteiger partial charge in [0.15, 0.2) is 5.69 Å². The number of carbonyl (C=O) groups excluding carboxylic acids is 2. The van der Waals surface area contributed by atoms with E-state index in [0.717, 1.165) is 12.0 Å². The Bertz CT molecular complexity index is 1010. The van der Waals surface area contributed by atoms with Crippen molar-refractivity contribution in [2.75, 3.05) is 5.32 Å². The maximum Gasteiger partial charge on any atom is 0.287 e. The molecule has 0 radical (unpaired) electrons. The van der Waals surface area contributed by atoms with Gasteiger partial charge < -0.3 is 10.6 Å². The first-order chi connectivity index (χ1) is 12.9. The van der Waals surface area contributed by atoms with Crippen LogP contribution in [0.3, 0.4) is 0 Å². The fourth-order valence-electron chi connectivity index (χ4n) is 2.70. The smallest absolute Gasteiger partial charge is 0.287 e. The molecule has 0 aliphatic rings. The number of nitrogens with zero attached hydrogens (tertiary/aromatic N) is 2. The predicted molar refractivity (Wildman–Crippen MR) is 107 cm³/mol. The van der Waals surface area contributed by atoms with Gasteiger partial charge in [0.1, 0.15) is 0 Å². The van der Waals surface area contributed by atoms with Crippen molar-refractivity contribution in [3.05, 3.63) is 64.7 Å². The summed E-state index contributed by atoms with van der Waals surface area (Å²) < 4.78 is 1.63. The quantitative estimate of drug-likeness (QED) is 0.696. The SMILES string of the molecule is CCC(C)NC(=O)c1nc(C(=O)Nc2ccc(Cl)cc2C)c2ccccn12. The van der Waals surface area contributed by atoms with E-state index in [-0.39, 0.29) is 29.4 Å². The summed E-state index contributed by atoms with van der Waals surface area (Å²) in [6, 6.07) is 10.6. The van der Waals surface area contributed by atoms with E-state index in [9.17, 15) is 9.59 Å².